The van der Waals surface area contributed by atoms with Crippen molar-refractivity contribution in [1.29, 1.82) is 0 Å². The van der Waals surface area contributed by atoms with Crippen molar-refractivity contribution in [3.8, 4) is 0 Å². The molecule has 33 heavy (non-hydrogen) atoms. The number of allylic oxidation sites excluding steroid dienone is 4. The first-order chi connectivity index (χ1) is 16.1. The second-order valence-electron chi connectivity index (χ2n) is 9.39. The lowest BCUT2D eigenvalue weighted by Gasteiger charge is -2.43. The molecule has 2 saturated carbocycles. The molecule has 3 aliphatic carbocycles. The van der Waals surface area contributed by atoms with Gasteiger partial charge in [0.25, 0.3) is 0 Å². The lowest BCUT2D eigenvalue weighted by molar-refractivity contribution is -0.136. The predicted octanol–water partition coefficient (Wildman–Crippen LogP) is 6.57. The topological polar surface area (TPSA) is 82.5 Å². The van der Waals surface area contributed by atoms with Crippen molar-refractivity contribution in [3.05, 3.63) is 30.5 Å². The second kappa shape index (κ2) is 12.1. The summed E-state index contributed by atoms with van der Waals surface area (Å²) in [4.78, 5) is 30.8. The second-order valence-corrected chi connectivity index (χ2v) is 11.8. The number of rotatable bonds is 8. The van der Waals surface area contributed by atoms with Crippen LogP contribution in [0.15, 0.2) is 34.7 Å². The van der Waals surface area contributed by atoms with Crippen LogP contribution >= 0.6 is 23.1 Å². The number of carbonyl (C=O) groups is 2. The number of carbonyl (C=O) groups excluding carboxylic acids is 1. The number of carboxylic acid groups (broad SMARTS) is 1. The first-order valence-electron chi connectivity index (χ1n) is 12.3. The molecule has 0 radical (unpaired) electrons. The largest absolute Gasteiger partial charge is 0.481 e. The van der Waals surface area contributed by atoms with E-state index >= 15 is 0 Å². The van der Waals surface area contributed by atoms with Gasteiger partial charge in [0.05, 0.1) is 16.8 Å². The van der Waals surface area contributed by atoms with E-state index in [1.807, 2.05) is 0 Å². The Hall–Kier alpha value is -1.80. The molecule has 6 nitrogen and oxygen atoms in total. The number of nitrogens with one attached hydrogen (secondary N) is 1. The van der Waals surface area contributed by atoms with Crippen LogP contribution in [-0.4, -0.2) is 44.8 Å². The molecule has 1 aromatic heterocycles. The summed E-state index contributed by atoms with van der Waals surface area (Å²) >= 11 is 2.90. The van der Waals surface area contributed by atoms with Crippen LogP contribution in [0.25, 0.3) is 0 Å². The van der Waals surface area contributed by atoms with Crippen molar-refractivity contribution in [3.63, 3.8) is 0 Å². The number of aliphatic carboxylic acids is 1. The maximum absolute atomic E-state index is 13.5. The van der Waals surface area contributed by atoms with E-state index in [0.29, 0.717) is 28.9 Å². The Morgan fingerprint density at radius 3 is 2.55 bits per heavy atom. The third-order valence-electron chi connectivity index (χ3n) is 7.22. The summed E-state index contributed by atoms with van der Waals surface area (Å²) in [5, 5.41) is 12.5. The van der Waals surface area contributed by atoms with Crippen LogP contribution in [0.4, 0.5) is 9.93 Å². The van der Waals surface area contributed by atoms with Crippen LogP contribution in [0.3, 0.4) is 0 Å². The number of nitrogens with zero attached hydrogens (tertiary/aromatic N) is 2. The van der Waals surface area contributed by atoms with Gasteiger partial charge in [0.1, 0.15) is 0 Å². The zero-order chi connectivity index (χ0) is 23.0. The predicted molar refractivity (Wildman–Crippen MR) is 135 cm³/mol. The molecule has 2 N–H and O–H groups in total. The normalized spacial score (nSPS) is 25.6. The molecule has 0 bridgehead atoms. The molecule has 1 atom stereocenters. The van der Waals surface area contributed by atoms with Crippen LogP contribution in [0.1, 0.15) is 70.6 Å². The number of amides is 2. The van der Waals surface area contributed by atoms with Gasteiger partial charge in [-0.25, -0.2) is 9.78 Å². The van der Waals surface area contributed by atoms with Gasteiger partial charge in [-0.05, 0) is 56.8 Å². The number of aromatic nitrogens is 1. The van der Waals surface area contributed by atoms with E-state index in [9.17, 15) is 9.59 Å². The highest BCUT2D eigenvalue weighted by Crippen LogP contribution is 2.38. The Morgan fingerprint density at radius 2 is 1.85 bits per heavy atom. The molecule has 2 amide bonds. The standard InChI is InChI=1S/C25H35N3O3S2/c29-22(30)15-16-32-23-17-26-24(33-23)27-25(31)28(20-9-5-2-6-10-20)21-13-11-19(12-14-21)18-7-3-1-4-8-18/h1,3-4,7,17-21H,2,5-6,8-16H2,(H,29,30)(H,26,27,31)/t18?,19-,21-. The van der Waals surface area contributed by atoms with E-state index < -0.39 is 5.97 Å². The minimum Gasteiger partial charge on any atom is -0.481 e. The van der Waals surface area contributed by atoms with Gasteiger partial charge in [-0.15, -0.1) is 11.8 Å². The maximum atomic E-state index is 13.5. The van der Waals surface area contributed by atoms with Crippen molar-refractivity contribution < 1.29 is 14.7 Å². The summed E-state index contributed by atoms with van der Waals surface area (Å²) in [7, 11) is 0. The van der Waals surface area contributed by atoms with Crippen molar-refractivity contribution in [2.24, 2.45) is 11.8 Å². The first kappa shape index (κ1) is 24.3. The average Bonchev–Trinajstić information content (AvgIpc) is 3.28. The molecule has 0 spiro atoms. The zero-order valence-electron chi connectivity index (χ0n) is 19.2. The number of urea groups is 1. The Morgan fingerprint density at radius 1 is 1.09 bits per heavy atom. The van der Waals surface area contributed by atoms with Gasteiger partial charge in [-0.2, -0.15) is 0 Å². The molecular formula is C25H35N3O3S2. The van der Waals surface area contributed by atoms with E-state index in [2.05, 4.69) is 39.5 Å². The first-order valence-corrected chi connectivity index (χ1v) is 14.1. The van der Waals surface area contributed by atoms with Crippen molar-refractivity contribution >= 4 is 40.2 Å². The van der Waals surface area contributed by atoms with E-state index in [1.54, 1.807) is 6.20 Å². The van der Waals surface area contributed by atoms with Crippen LogP contribution in [0, 0.1) is 11.8 Å². The number of hydrogen-bond acceptors (Lipinski definition) is 5. The molecule has 0 aromatic carbocycles. The third kappa shape index (κ3) is 6.85. The molecule has 0 aliphatic heterocycles. The van der Waals surface area contributed by atoms with Gasteiger partial charge >= 0.3 is 12.0 Å². The van der Waals surface area contributed by atoms with Gasteiger partial charge < -0.3 is 10.0 Å². The third-order valence-corrected chi connectivity index (χ3v) is 9.32. The van der Waals surface area contributed by atoms with E-state index in [1.165, 1.54) is 55.2 Å². The smallest absolute Gasteiger partial charge is 0.324 e. The van der Waals surface area contributed by atoms with Gasteiger partial charge in [0, 0.05) is 17.8 Å². The van der Waals surface area contributed by atoms with Crippen molar-refractivity contribution in [2.45, 2.75) is 86.9 Å². The van der Waals surface area contributed by atoms with E-state index in [-0.39, 0.29) is 12.5 Å². The van der Waals surface area contributed by atoms with Gasteiger partial charge in [0.2, 0.25) is 0 Å². The molecular weight excluding hydrogens is 454 g/mol. The van der Waals surface area contributed by atoms with Gasteiger partial charge in [-0.1, -0.05) is 54.9 Å². The summed E-state index contributed by atoms with van der Waals surface area (Å²) in [5.74, 6) is 1.09. The van der Waals surface area contributed by atoms with Crippen molar-refractivity contribution in [2.75, 3.05) is 11.1 Å². The number of thiazole rings is 1. The van der Waals surface area contributed by atoms with Crippen LogP contribution in [0.2, 0.25) is 0 Å². The van der Waals surface area contributed by atoms with Crippen LogP contribution < -0.4 is 5.32 Å². The molecule has 1 unspecified atom stereocenters. The minimum absolute atomic E-state index is 0.0118. The summed E-state index contributed by atoms with van der Waals surface area (Å²) in [5.41, 5.74) is 0. The Balaban J connectivity index is 1.37. The quantitative estimate of drug-likeness (QED) is 0.404. The van der Waals surface area contributed by atoms with E-state index in [4.69, 9.17) is 5.11 Å². The molecule has 8 heteroatoms. The highest BCUT2D eigenvalue weighted by atomic mass is 32.2. The summed E-state index contributed by atoms with van der Waals surface area (Å²) < 4.78 is 0.936. The maximum Gasteiger partial charge on any atom is 0.324 e. The SMILES string of the molecule is O=C(O)CCSc1cnc(NC(=O)N(C2CCCCC2)[C@H]2CC[C@H](C3C=CC=CC3)CC2)s1. The number of carboxylic acids is 1. The molecule has 4 rings (SSSR count). The van der Waals surface area contributed by atoms with Crippen molar-refractivity contribution in [1.82, 2.24) is 9.88 Å². The summed E-state index contributed by atoms with van der Waals surface area (Å²) in [6.45, 7) is 0. The number of thioether (sulfide) groups is 1. The van der Waals surface area contributed by atoms with Crippen LogP contribution in [-0.2, 0) is 4.79 Å². The fourth-order valence-corrected chi connectivity index (χ4v) is 7.39. The fourth-order valence-electron chi connectivity index (χ4n) is 5.53. The molecule has 2 fully saturated rings. The van der Waals surface area contributed by atoms with Gasteiger partial charge in [-0.3, -0.25) is 10.1 Å². The summed E-state index contributed by atoms with van der Waals surface area (Å²) in [6, 6.07) is 0.612. The lowest BCUT2D eigenvalue weighted by atomic mass is 9.75. The Kier molecular flexibility index (Phi) is 8.89. The highest BCUT2D eigenvalue weighted by Gasteiger charge is 2.36. The lowest BCUT2D eigenvalue weighted by Crippen LogP contribution is -2.51. The Labute approximate surface area is 204 Å². The fraction of sp³-hybridized carbons (Fsp3) is 0.640. The Bertz CT molecular complexity index is 855. The monoisotopic (exact) mass is 489 g/mol. The number of anilines is 1. The number of hydrogen-bond donors (Lipinski definition) is 2. The average molecular weight is 490 g/mol. The summed E-state index contributed by atoms with van der Waals surface area (Å²) in [6.07, 6.45) is 22.4. The highest BCUT2D eigenvalue weighted by molar-refractivity contribution is 8.01. The van der Waals surface area contributed by atoms with Gasteiger partial charge in [0.15, 0.2) is 5.13 Å². The molecule has 3 aliphatic rings. The zero-order valence-corrected chi connectivity index (χ0v) is 20.8. The molecule has 180 valence electrons. The van der Waals surface area contributed by atoms with Crippen LogP contribution in [0.5, 0.6) is 0 Å². The van der Waals surface area contributed by atoms with E-state index in [0.717, 1.165) is 42.2 Å². The molecule has 1 heterocycles. The molecule has 1 aromatic rings. The molecule has 0 saturated heterocycles. The minimum atomic E-state index is -0.797.